The van der Waals surface area contributed by atoms with Crippen molar-refractivity contribution in [1.29, 1.82) is 0 Å². The Balaban J connectivity index is 0. The molecule has 0 heterocycles. The molecule has 35 heavy (non-hydrogen) atoms. The minimum absolute atomic E-state index is 0.412. The maximum Gasteiger partial charge on any atom is 0.673 e. The van der Waals surface area contributed by atoms with Gasteiger partial charge in [-0.1, -0.05) is 97.8 Å². The molecule has 0 atom stereocenters. The predicted octanol–water partition coefficient (Wildman–Crippen LogP) is 10.9. The van der Waals surface area contributed by atoms with E-state index in [-0.39, 0.29) is 0 Å². The molecule has 2 nitrogen and oxygen atoms in total. The molecule has 0 bridgehead atoms. The van der Waals surface area contributed by atoms with Crippen LogP contribution in [0.4, 0.5) is 17.3 Å². The van der Waals surface area contributed by atoms with Crippen LogP contribution in [0.2, 0.25) is 0 Å². The molecule has 0 aliphatic carbocycles. The molecular formula is C27H56BF4O2P. The van der Waals surface area contributed by atoms with Crippen molar-refractivity contribution in [1.82, 2.24) is 0 Å². The van der Waals surface area contributed by atoms with Crippen LogP contribution < -0.4 is 0 Å². The summed E-state index contributed by atoms with van der Waals surface area (Å²) in [5, 5.41) is 9.40. The van der Waals surface area contributed by atoms with Crippen LogP contribution in [0.3, 0.4) is 0 Å². The molecule has 0 amide bonds. The van der Waals surface area contributed by atoms with Crippen molar-refractivity contribution in [2.45, 2.75) is 143 Å². The van der Waals surface area contributed by atoms with Crippen LogP contribution >= 0.6 is 7.26 Å². The van der Waals surface area contributed by atoms with Crippen molar-refractivity contribution in [3.63, 3.8) is 0 Å². The number of halogens is 4. The van der Waals surface area contributed by atoms with Crippen molar-refractivity contribution in [2.24, 2.45) is 0 Å². The van der Waals surface area contributed by atoms with E-state index in [0.717, 1.165) is 6.16 Å². The Morgan fingerprint density at radius 2 is 0.800 bits per heavy atom. The fraction of sp³-hybridized carbons (Fsp3) is 0.963. The molecule has 0 aliphatic rings. The van der Waals surface area contributed by atoms with Gasteiger partial charge in [-0.2, -0.15) is 0 Å². The summed E-state index contributed by atoms with van der Waals surface area (Å²) < 4.78 is 39.0. The first-order valence-electron chi connectivity index (χ1n) is 14.5. The van der Waals surface area contributed by atoms with E-state index in [0.29, 0.717) is 6.42 Å². The molecule has 0 aromatic rings. The van der Waals surface area contributed by atoms with Crippen LogP contribution in [0.1, 0.15) is 143 Å². The number of aliphatic carboxylic acids is 1. The molecule has 0 spiro atoms. The summed E-state index contributed by atoms with van der Waals surface area (Å²) in [6, 6.07) is 0. The lowest BCUT2D eigenvalue weighted by atomic mass is 10.1. The third-order valence-electron chi connectivity index (χ3n) is 6.76. The maximum atomic E-state index is 11.4. The normalized spacial score (nSPS) is 11.9. The molecule has 0 aromatic heterocycles. The third kappa shape index (κ3) is 31.7. The zero-order chi connectivity index (χ0) is 26.8. The lowest BCUT2D eigenvalue weighted by Gasteiger charge is -2.28. The van der Waals surface area contributed by atoms with Gasteiger partial charge >= 0.3 is 13.2 Å². The quantitative estimate of drug-likeness (QED) is 0.0583. The van der Waals surface area contributed by atoms with E-state index < -0.39 is 20.5 Å². The first kappa shape index (κ1) is 36.8. The van der Waals surface area contributed by atoms with Crippen LogP contribution in [-0.4, -0.2) is 43.0 Å². The molecule has 0 rings (SSSR count). The lowest BCUT2D eigenvalue weighted by Crippen LogP contribution is -2.15. The lowest BCUT2D eigenvalue weighted by molar-refractivity contribution is -0.136. The fourth-order valence-corrected chi connectivity index (χ4v) is 9.38. The van der Waals surface area contributed by atoms with Crippen molar-refractivity contribution in [3.05, 3.63) is 0 Å². The molecule has 1 N–H and O–H groups in total. The molecule has 212 valence electrons. The van der Waals surface area contributed by atoms with Gasteiger partial charge in [-0.25, -0.2) is 0 Å². The molecular weight excluding hydrogens is 474 g/mol. The molecule has 0 saturated heterocycles. The predicted molar refractivity (Wildman–Crippen MR) is 149 cm³/mol. The summed E-state index contributed by atoms with van der Waals surface area (Å²) in [4.78, 5) is 11.4. The monoisotopic (exact) mass is 530 g/mol. The Bertz CT molecular complexity index is 418. The third-order valence-corrected chi connectivity index (χ3v) is 11.7. The molecule has 0 fully saturated rings. The van der Waals surface area contributed by atoms with Crippen LogP contribution in [0.5, 0.6) is 0 Å². The largest absolute Gasteiger partial charge is 0.673 e. The van der Waals surface area contributed by atoms with E-state index in [1.807, 2.05) is 0 Å². The van der Waals surface area contributed by atoms with Crippen LogP contribution in [0.25, 0.3) is 0 Å². The SMILES string of the molecule is CCCCCCCC[P+](CCCCCCCC)(CCCCCCCC)CCC(=O)O.F[B-](F)(F)F. The van der Waals surface area contributed by atoms with Gasteiger partial charge in [0.1, 0.15) is 0 Å². The van der Waals surface area contributed by atoms with E-state index in [1.165, 1.54) is 134 Å². The molecule has 0 unspecified atom stereocenters. The second-order valence-corrected chi connectivity index (χ2v) is 14.7. The van der Waals surface area contributed by atoms with Gasteiger partial charge < -0.3 is 22.4 Å². The summed E-state index contributed by atoms with van der Waals surface area (Å²) >= 11 is 0. The highest BCUT2D eigenvalue weighted by molar-refractivity contribution is 7.75. The highest BCUT2D eigenvalue weighted by atomic mass is 31.2. The van der Waals surface area contributed by atoms with Gasteiger partial charge in [0.25, 0.3) is 0 Å². The minimum Gasteiger partial charge on any atom is -0.481 e. The van der Waals surface area contributed by atoms with E-state index in [4.69, 9.17) is 0 Å². The molecule has 0 radical (unpaired) electrons. The number of unbranched alkanes of at least 4 members (excludes halogenated alkanes) is 15. The Kier molecular flexibility index (Phi) is 26.7. The summed E-state index contributed by atoms with van der Waals surface area (Å²) in [6.45, 7) is 6.84. The summed E-state index contributed by atoms with van der Waals surface area (Å²) in [7, 11) is -7.10. The average molecular weight is 531 g/mol. The number of carboxylic acids is 1. The highest BCUT2D eigenvalue weighted by Gasteiger charge is 2.36. The summed E-state index contributed by atoms with van der Waals surface area (Å²) in [6.07, 6.45) is 30.0. The second-order valence-electron chi connectivity index (χ2n) is 10.2. The van der Waals surface area contributed by atoms with Crippen molar-refractivity contribution < 1.29 is 27.2 Å². The smallest absolute Gasteiger partial charge is 0.481 e. The molecule has 8 heteroatoms. The van der Waals surface area contributed by atoms with Crippen molar-refractivity contribution in [2.75, 3.05) is 24.6 Å². The van der Waals surface area contributed by atoms with Gasteiger partial charge in [-0.15, -0.1) is 0 Å². The second kappa shape index (κ2) is 25.3. The Hall–Kier alpha value is -0.315. The van der Waals surface area contributed by atoms with Gasteiger partial charge in [0.05, 0.1) is 31.1 Å². The van der Waals surface area contributed by atoms with Crippen LogP contribution in [0.15, 0.2) is 0 Å². The summed E-state index contributed by atoms with van der Waals surface area (Å²) in [5.74, 6) is -0.576. The topological polar surface area (TPSA) is 37.3 Å². The van der Waals surface area contributed by atoms with E-state index >= 15 is 0 Å². The number of hydrogen-bond acceptors (Lipinski definition) is 1. The first-order chi connectivity index (χ1) is 16.6. The van der Waals surface area contributed by atoms with Gasteiger partial charge in [0.15, 0.2) is 0 Å². The first-order valence-corrected chi connectivity index (χ1v) is 17.1. The Morgan fingerprint density at radius 3 is 1.06 bits per heavy atom. The number of hydrogen-bond donors (Lipinski definition) is 1. The van der Waals surface area contributed by atoms with Crippen molar-refractivity contribution in [3.8, 4) is 0 Å². The molecule has 0 aromatic carbocycles. The van der Waals surface area contributed by atoms with Gasteiger partial charge in [0.2, 0.25) is 0 Å². The molecule has 0 saturated carbocycles. The van der Waals surface area contributed by atoms with Gasteiger partial charge in [0, 0.05) is 7.26 Å². The van der Waals surface area contributed by atoms with Crippen LogP contribution in [-0.2, 0) is 4.79 Å². The van der Waals surface area contributed by atoms with Gasteiger partial charge in [-0.05, 0) is 38.5 Å². The summed E-state index contributed by atoms with van der Waals surface area (Å²) in [5.41, 5.74) is 0. The molecule has 0 aliphatic heterocycles. The van der Waals surface area contributed by atoms with Crippen LogP contribution in [0, 0.1) is 0 Å². The van der Waals surface area contributed by atoms with E-state index in [9.17, 15) is 27.2 Å². The van der Waals surface area contributed by atoms with E-state index in [2.05, 4.69) is 20.8 Å². The minimum atomic E-state index is -6.00. The number of carboxylic acid groups (broad SMARTS) is 1. The number of rotatable bonds is 24. The van der Waals surface area contributed by atoms with Gasteiger partial charge in [-0.3, -0.25) is 4.79 Å². The fourth-order valence-electron chi connectivity index (χ4n) is 4.69. The average Bonchev–Trinajstić information content (AvgIpc) is 2.78. The van der Waals surface area contributed by atoms with Crippen molar-refractivity contribution >= 4 is 20.5 Å². The number of carbonyl (C=O) groups is 1. The zero-order valence-corrected chi connectivity index (χ0v) is 24.0. The van der Waals surface area contributed by atoms with E-state index in [1.54, 1.807) is 0 Å². The standard InChI is InChI=1S/C27H55O2P.BF4/c1-4-7-10-13-16-19-23-30(26-22-27(28)29,24-20-17-14-11-8-5-2)25-21-18-15-12-9-6-3;2-1(3,4)5/h4-26H2,1-3H3;/q;-1/p+1. The Morgan fingerprint density at radius 1 is 0.543 bits per heavy atom. The Labute approximate surface area is 215 Å². The maximum absolute atomic E-state index is 11.4. The zero-order valence-electron chi connectivity index (χ0n) is 23.2. The highest BCUT2D eigenvalue weighted by Crippen LogP contribution is 2.61.